The van der Waals surface area contributed by atoms with Crippen molar-refractivity contribution >= 4 is 29.0 Å². The molecule has 7 heteroatoms. The van der Waals surface area contributed by atoms with Crippen LogP contribution in [0.3, 0.4) is 0 Å². The molecule has 0 fully saturated rings. The summed E-state index contributed by atoms with van der Waals surface area (Å²) in [6.07, 6.45) is 1.51. The van der Waals surface area contributed by atoms with Gasteiger partial charge in [-0.2, -0.15) is 0 Å². The summed E-state index contributed by atoms with van der Waals surface area (Å²) in [5.74, 6) is 1.33. The van der Waals surface area contributed by atoms with Gasteiger partial charge in [-0.25, -0.2) is 4.98 Å². The molecule has 5 nitrogen and oxygen atoms in total. The third-order valence-corrected chi connectivity index (χ3v) is 4.07. The van der Waals surface area contributed by atoms with Crippen LogP contribution in [0, 0.1) is 0 Å². The van der Waals surface area contributed by atoms with Crippen molar-refractivity contribution in [3.05, 3.63) is 70.1 Å². The summed E-state index contributed by atoms with van der Waals surface area (Å²) in [6, 6.07) is 10.2. The number of nitrogens with zero attached hydrogens (tertiary/aromatic N) is 2. The number of benzene rings is 1. The van der Waals surface area contributed by atoms with Crippen LogP contribution in [0.4, 0.5) is 0 Å². The predicted molar refractivity (Wildman–Crippen MR) is 86.5 cm³/mol. The largest absolute Gasteiger partial charge is 0.497 e. The van der Waals surface area contributed by atoms with E-state index in [-0.39, 0.29) is 16.7 Å². The van der Waals surface area contributed by atoms with Gasteiger partial charge in [-0.15, -0.1) is 0 Å². The van der Waals surface area contributed by atoms with Gasteiger partial charge in [0.05, 0.1) is 20.0 Å². The van der Waals surface area contributed by atoms with Crippen LogP contribution in [-0.4, -0.2) is 22.4 Å². The number of aromatic nitrogens is 2. The Morgan fingerprint density at radius 1 is 1.22 bits per heavy atom. The zero-order chi connectivity index (χ0) is 16.4. The first-order chi connectivity index (χ1) is 11.1. The summed E-state index contributed by atoms with van der Waals surface area (Å²) < 4.78 is 12.3. The van der Waals surface area contributed by atoms with Gasteiger partial charge in [0.2, 0.25) is 5.78 Å². The first kappa shape index (κ1) is 15.6. The number of hydrogen-bond acceptors (Lipinski definition) is 4. The lowest BCUT2D eigenvalue weighted by Gasteiger charge is -2.02. The summed E-state index contributed by atoms with van der Waals surface area (Å²) in [7, 11) is 1.57. The summed E-state index contributed by atoms with van der Waals surface area (Å²) >= 11 is 11.8. The van der Waals surface area contributed by atoms with E-state index < -0.39 is 0 Å². The molecule has 0 N–H and O–H groups in total. The fourth-order valence-corrected chi connectivity index (χ4v) is 2.39. The molecule has 0 aliphatic heterocycles. The molecule has 2 aromatic heterocycles. The van der Waals surface area contributed by atoms with Crippen LogP contribution in [0.2, 0.25) is 10.3 Å². The Labute approximate surface area is 142 Å². The van der Waals surface area contributed by atoms with Gasteiger partial charge in [0.15, 0.2) is 10.9 Å². The van der Waals surface area contributed by atoms with Gasteiger partial charge < -0.3 is 13.7 Å². The average Bonchev–Trinajstić information content (AvgIpc) is 3.17. The fourth-order valence-electron chi connectivity index (χ4n) is 2.09. The second-order valence-corrected chi connectivity index (χ2v) is 5.49. The number of rotatable bonds is 5. The maximum atomic E-state index is 12.4. The zero-order valence-corrected chi connectivity index (χ0v) is 13.6. The summed E-state index contributed by atoms with van der Waals surface area (Å²) in [4.78, 5) is 16.3. The molecule has 3 rings (SSSR count). The Morgan fingerprint density at radius 3 is 2.57 bits per heavy atom. The molecule has 118 valence electrons. The quantitative estimate of drug-likeness (QED) is 0.650. The highest BCUT2D eigenvalue weighted by molar-refractivity contribution is 6.40. The van der Waals surface area contributed by atoms with E-state index in [2.05, 4.69) is 4.98 Å². The van der Waals surface area contributed by atoms with Crippen molar-refractivity contribution < 1.29 is 13.9 Å². The van der Waals surface area contributed by atoms with Gasteiger partial charge in [0, 0.05) is 5.56 Å². The zero-order valence-electron chi connectivity index (χ0n) is 12.1. The topological polar surface area (TPSA) is 57.3 Å². The van der Waals surface area contributed by atoms with E-state index in [0.29, 0.717) is 28.8 Å². The maximum Gasteiger partial charge on any atom is 0.228 e. The third kappa shape index (κ3) is 3.25. The van der Waals surface area contributed by atoms with E-state index in [9.17, 15) is 4.79 Å². The van der Waals surface area contributed by atoms with Gasteiger partial charge in [-0.1, -0.05) is 23.2 Å². The molecule has 2 heterocycles. The van der Waals surface area contributed by atoms with Gasteiger partial charge in [0.1, 0.15) is 16.7 Å². The Bertz CT molecular complexity index is 837. The van der Waals surface area contributed by atoms with Crippen molar-refractivity contribution in [3.8, 4) is 5.75 Å². The number of ether oxygens (including phenoxy) is 1. The van der Waals surface area contributed by atoms with E-state index in [1.165, 1.54) is 6.33 Å². The average molecular weight is 351 g/mol. The highest BCUT2D eigenvalue weighted by atomic mass is 35.5. The summed E-state index contributed by atoms with van der Waals surface area (Å²) in [6.45, 7) is 0.342. The van der Waals surface area contributed by atoms with Crippen molar-refractivity contribution in [2.45, 2.75) is 6.54 Å². The van der Waals surface area contributed by atoms with Gasteiger partial charge in [0.25, 0.3) is 0 Å². The van der Waals surface area contributed by atoms with Crippen LogP contribution in [-0.2, 0) is 6.54 Å². The van der Waals surface area contributed by atoms with Crippen molar-refractivity contribution in [1.82, 2.24) is 9.55 Å². The molecule has 1 aromatic carbocycles. The molecule has 0 atom stereocenters. The Hall–Kier alpha value is -2.24. The first-order valence-corrected chi connectivity index (χ1v) is 7.47. The minimum atomic E-state index is -0.200. The molecule has 3 aromatic rings. The van der Waals surface area contributed by atoms with Crippen LogP contribution in [0.1, 0.15) is 21.9 Å². The van der Waals surface area contributed by atoms with Crippen LogP contribution in [0.15, 0.2) is 47.1 Å². The lowest BCUT2D eigenvalue weighted by atomic mass is 10.1. The minimum Gasteiger partial charge on any atom is -0.497 e. The van der Waals surface area contributed by atoms with Crippen LogP contribution in [0.5, 0.6) is 5.75 Å². The molecular weight excluding hydrogens is 339 g/mol. The summed E-state index contributed by atoms with van der Waals surface area (Å²) in [5, 5.41) is 0.554. The molecule has 0 amide bonds. The normalized spacial score (nSPS) is 10.7. The monoisotopic (exact) mass is 350 g/mol. The SMILES string of the molecule is COc1ccc(C(=O)c2ccc(Cn3cnc(Cl)c3Cl)o2)cc1. The highest BCUT2D eigenvalue weighted by Gasteiger charge is 2.15. The molecule has 0 radical (unpaired) electrons. The minimum absolute atomic E-state index is 0.200. The van der Waals surface area contributed by atoms with Crippen LogP contribution in [0.25, 0.3) is 0 Å². The lowest BCUT2D eigenvalue weighted by Crippen LogP contribution is -2.00. The number of halogens is 2. The molecule has 0 spiro atoms. The van der Waals surface area contributed by atoms with E-state index in [1.54, 1.807) is 48.1 Å². The molecule has 0 aliphatic carbocycles. The van der Waals surface area contributed by atoms with Crippen LogP contribution < -0.4 is 4.74 Å². The van der Waals surface area contributed by atoms with E-state index in [1.807, 2.05) is 0 Å². The van der Waals surface area contributed by atoms with E-state index in [4.69, 9.17) is 32.4 Å². The lowest BCUT2D eigenvalue weighted by molar-refractivity contribution is 0.101. The second kappa shape index (κ2) is 6.48. The molecular formula is C16H12Cl2N2O3. The van der Waals surface area contributed by atoms with Crippen molar-refractivity contribution in [1.29, 1.82) is 0 Å². The van der Waals surface area contributed by atoms with Gasteiger partial charge in [-0.05, 0) is 36.4 Å². The Morgan fingerprint density at radius 2 is 1.96 bits per heavy atom. The number of ketones is 1. The van der Waals surface area contributed by atoms with Crippen LogP contribution >= 0.6 is 23.2 Å². The number of carbonyl (C=O) groups excluding carboxylic acids is 1. The first-order valence-electron chi connectivity index (χ1n) is 6.72. The second-order valence-electron chi connectivity index (χ2n) is 4.78. The van der Waals surface area contributed by atoms with Crippen molar-refractivity contribution in [2.75, 3.05) is 7.11 Å². The number of hydrogen-bond donors (Lipinski definition) is 0. The molecule has 0 saturated carbocycles. The third-order valence-electron chi connectivity index (χ3n) is 3.30. The fraction of sp³-hybridized carbons (Fsp3) is 0.125. The number of methoxy groups -OCH3 is 1. The molecule has 0 bridgehead atoms. The number of carbonyl (C=O) groups is 1. The molecule has 23 heavy (non-hydrogen) atoms. The van der Waals surface area contributed by atoms with Crippen molar-refractivity contribution in [3.63, 3.8) is 0 Å². The smallest absolute Gasteiger partial charge is 0.228 e. The van der Waals surface area contributed by atoms with Crippen molar-refractivity contribution in [2.24, 2.45) is 0 Å². The van der Waals surface area contributed by atoms with Gasteiger partial charge in [-0.3, -0.25) is 4.79 Å². The highest BCUT2D eigenvalue weighted by Crippen LogP contribution is 2.22. The van der Waals surface area contributed by atoms with E-state index in [0.717, 1.165) is 0 Å². The maximum absolute atomic E-state index is 12.4. The van der Waals surface area contributed by atoms with Gasteiger partial charge >= 0.3 is 0 Å². The number of imidazole rings is 1. The predicted octanol–water partition coefficient (Wildman–Crippen LogP) is 4.07. The molecule has 0 saturated heterocycles. The molecule has 0 aliphatic rings. The van der Waals surface area contributed by atoms with E-state index >= 15 is 0 Å². The standard InChI is InChI=1S/C16H12Cl2N2O3/c1-22-11-4-2-10(3-5-11)14(21)13-7-6-12(23-13)8-20-9-19-15(17)16(20)18/h2-7,9H,8H2,1H3. The summed E-state index contributed by atoms with van der Waals surface area (Å²) in [5.41, 5.74) is 0.524. The Balaban J connectivity index is 1.78. The Kier molecular flexibility index (Phi) is 4.41. The number of furan rings is 1. The molecule has 0 unspecified atom stereocenters.